The van der Waals surface area contributed by atoms with Gasteiger partial charge in [-0.25, -0.2) is 4.79 Å². The second-order valence-corrected chi connectivity index (χ2v) is 7.13. The summed E-state index contributed by atoms with van der Waals surface area (Å²) in [5.74, 6) is 0.944. The Balaban J connectivity index is 1.40. The van der Waals surface area contributed by atoms with Gasteiger partial charge in [0, 0.05) is 5.56 Å². The van der Waals surface area contributed by atoms with Crippen LogP contribution in [0, 0.1) is 0 Å². The Morgan fingerprint density at radius 1 is 1.21 bits per heavy atom. The first kappa shape index (κ1) is 17.4. The predicted octanol–water partition coefficient (Wildman–Crippen LogP) is 2.64. The SMILES string of the molecule is COc1cccc(-c2noc(CN3C(=O)N[C@]4(CCc5ccccc54)C3=O)n2)c1. The van der Waals surface area contributed by atoms with Gasteiger partial charge in [0.1, 0.15) is 17.8 Å². The van der Waals surface area contributed by atoms with Gasteiger partial charge in [-0.2, -0.15) is 4.98 Å². The summed E-state index contributed by atoms with van der Waals surface area (Å²) in [6, 6.07) is 14.5. The molecule has 0 radical (unpaired) electrons. The molecule has 1 spiro atoms. The Hall–Kier alpha value is -3.68. The van der Waals surface area contributed by atoms with Crippen molar-refractivity contribution in [2.24, 2.45) is 0 Å². The van der Waals surface area contributed by atoms with Gasteiger partial charge in [-0.3, -0.25) is 9.69 Å². The van der Waals surface area contributed by atoms with E-state index in [0.717, 1.165) is 28.0 Å². The number of rotatable bonds is 4. The van der Waals surface area contributed by atoms with Gasteiger partial charge in [0.2, 0.25) is 11.7 Å². The number of hydrogen-bond acceptors (Lipinski definition) is 6. The zero-order valence-corrected chi connectivity index (χ0v) is 15.7. The van der Waals surface area contributed by atoms with Crippen LogP contribution in [0.4, 0.5) is 4.79 Å². The summed E-state index contributed by atoms with van der Waals surface area (Å²) in [5, 5.41) is 6.86. The number of nitrogens with one attached hydrogen (secondary N) is 1. The lowest BCUT2D eigenvalue weighted by atomic mass is 9.92. The van der Waals surface area contributed by atoms with E-state index in [4.69, 9.17) is 9.26 Å². The molecule has 2 heterocycles. The van der Waals surface area contributed by atoms with Crippen LogP contribution in [-0.2, 0) is 23.3 Å². The summed E-state index contributed by atoms with van der Waals surface area (Å²) in [6.07, 6.45) is 1.29. The lowest BCUT2D eigenvalue weighted by Crippen LogP contribution is -2.41. The van der Waals surface area contributed by atoms with E-state index in [-0.39, 0.29) is 18.3 Å². The second-order valence-electron chi connectivity index (χ2n) is 7.13. The summed E-state index contributed by atoms with van der Waals surface area (Å²) in [7, 11) is 1.58. The predicted molar refractivity (Wildman–Crippen MR) is 102 cm³/mol. The van der Waals surface area contributed by atoms with E-state index >= 15 is 0 Å². The number of methoxy groups -OCH3 is 1. The van der Waals surface area contributed by atoms with Crippen LogP contribution in [0.5, 0.6) is 5.75 Å². The number of aromatic nitrogens is 2. The van der Waals surface area contributed by atoms with E-state index in [1.54, 1.807) is 13.2 Å². The number of aryl methyl sites for hydroxylation is 1. The zero-order chi connectivity index (χ0) is 20.0. The molecule has 1 fully saturated rings. The molecule has 1 saturated heterocycles. The fourth-order valence-corrected chi connectivity index (χ4v) is 4.07. The molecule has 3 amide bonds. The molecule has 8 nitrogen and oxygen atoms in total. The van der Waals surface area contributed by atoms with E-state index < -0.39 is 11.6 Å². The van der Waals surface area contributed by atoms with E-state index in [0.29, 0.717) is 18.0 Å². The maximum absolute atomic E-state index is 13.2. The molecule has 0 bridgehead atoms. The van der Waals surface area contributed by atoms with Crippen molar-refractivity contribution >= 4 is 11.9 Å². The van der Waals surface area contributed by atoms with Crippen LogP contribution >= 0.6 is 0 Å². The van der Waals surface area contributed by atoms with Crippen LogP contribution < -0.4 is 10.1 Å². The molecule has 0 unspecified atom stereocenters. The molecule has 3 aromatic rings. The van der Waals surface area contributed by atoms with E-state index in [1.165, 1.54) is 0 Å². The molecule has 2 aromatic carbocycles. The Labute approximate surface area is 166 Å². The van der Waals surface area contributed by atoms with Crippen LogP contribution in [0.2, 0.25) is 0 Å². The first-order valence-corrected chi connectivity index (χ1v) is 9.30. The van der Waals surface area contributed by atoms with Gasteiger partial charge in [0.25, 0.3) is 5.91 Å². The highest BCUT2D eigenvalue weighted by Crippen LogP contribution is 2.41. The van der Waals surface area contributed by atoms with Crippen LogP contribution in [0.1, 0.15) is 23.4 Å². The van der Waals surface area contributed by atoms with Crippen LogP contribution in [-0.4, -0.2) is 34.1 Å². The number of fused-ring (bicyclic) bond motifs is 2. The fourth-order valence-electron chi connectivity index (χ4n) is 4.07. The van der Waals surface area contributed by atoms with Crippen molar-refractivity contribution in [2.45, 2.75) is 24.9 Å². The molecule has 2 aliphatic rings. The smallest absolute Gasteiger partial charge is 0.325 e. The molecular weight excluding hydrogens is 372 g/mol. The summed E-state index contributed by atoms with van der Waals surface area (Å²) < 4.78 is 10.5. The number of ether oxygens (including phenoxy) is 1. The maximum atomic E-state index is 13.2. The minimum Gasteiger partial charge on any atom is -0.497 e. The number of carbonyl (C=O) groups excluding carboxylic acids is 2. The molecule has 1 N–H and O–H groups in total. The van der Waals surface area contributed by atoms with Crippen molar-refractivity contribution in [3.8, 4) is 17.1 Å². The number of hydrogen-bond donors (Lipinski definition) is 1. The van der Waals surface area contributed by atoms with Crippen molar-refractivity contribution < 1.29 is 18.8 Å². The molecule has 1 aromatic heterocycles. The summed E-state index contributed by atoms with van der Waals surface area (Å²) in [4.78, 5) is 31.3. The number of urea groups is 1. The Kier molecular flexibility index (Phi) is 3.87. The minimum atomic E-state index is -0.997. The quantitative estimate of drug-likeness (QED) is 0.688. The standard InChI is InChI=1S/C21H18N4O4/c1-28-15-7-4-6-14(11-15)18-22-17(29-24-18)12-25-19(26)21(23-20(25)27)10-9-13-5-2-3-8-16(13)21/h2-8,11H,9-10,12H2,1H3,(H,23,27)/t21-/m0/s1. The average Bonchev–Trinajstić information content (AvgIpc) is 3.43. The molecule has 1 aliphatic carbocycles. The number of nitrogens with zero attached hydrogens (tertiary/aromatic N) is 3. The van der Waals surface area contributed by atoms with Gasteiger partial charge in [0.05, 0.1) is 7.11 Å². The minimum absolute atomic E-state index is 0.0778. The number of amides is 3. The highest BCUT2D eigenvalue weighted by atomic mass is 16.5. The third-order valence-corrected chi connectivity index (χ3v) is 5.51. The van der Waals surface area contributed by atoms with Gasteiger partial charge < -0.3 is 14.6 Å². The molecule has 29 heavy (non-hydrogen) atoms. The largest absolute Gasteiger partial charge is 0.497 e. The molecule has 8 heteroatoms. The van der Waals surface area contributed by atoms with Crippen molar-refractivity contribution in [1.82, 2.24) is 20.4 Å². The average molecular weight is 390 g/mol. The van der Waals surface area contributed by atoms with Gasteiger partial charge in [-0.15, -0.1) is 0 Å². The highest BCUT2D eigenvalue weighted by molar-refractivity contribution is 6.08. The number of carbonyl (C=O) groups is 2. The van der Waals surface area contributed by atoms with Crippen LogP contribution in [0.3, 0.4) is 0 Å². The first-order chi connectivity index (χ1) is 14.1. The van der Waals surface area contributed by atoms with Crippen LogP contribution in [0.25, 0.3) is 11.4 Å². The molecule has 0 saturated carbocycles. The normalized spacial score (nSPS) is 20.2. The fraction of sp³-hybridized carbons (Fsp3) is 0.238. The van der Waals surface area contributed by atoms with Gasteiger partial charge in [-0.1, -0.05) is 41.6 Å². The van der Waals surface area contributed by atoms with Gasteiger partial charge in [-0.05, 0) is 36.1 Å². The summed E-state index contributed by atoms with van der Waals surface area (Å²) in [5.41, 5.74) is 1.67. The van der Waals surface area contributed by atoms with Crippen molar-refractivity contribution in [1.29, 1.82) is 0 Å². The second kappa shape index (κ2) is 6.44. The number of benzene rings is 2. The lowest BCUT2D eigenvalue weighted by Gasteiger charge is -2.21. The van der Waals surface area contributed by atoms with Gasteiger partial charge in [0.15, 0.2) is 0 Å². The Morgan fingerprint density at radius 2 is 2.07 bits per heavy atom. The molecule has 1 atom stereocenters. The molecular formula is C21H18N4O4. The molecule has 146 valence electrons. The monoisotopic (exact) mass is 390 g/mol. The van der Waals surface area contributed by atoms with Crippen molar-refractivity contribution in [3.63, 3.8) is 0 Å². The zero-order valence-electron chi connectivity index (χ0n) is 15.7. The van der Waals surface area contributed by atoms with Gasteiger partial charge >= 0.3 is 6.03 Å². The van der Waals surface area contributed by atoms with E-state index in [1.807, 2.05) is 42.5 Å². The summed E-state index contributed by atoms with van der Waals surface area (Å²) >= 11 is 0. The number of imide groups is 1. The maximum Gasteiger partial charge on any atom is 0.325 e. The summed E-state index contributed by atoms with van der Waals surface area (Å²) in [6.45, 7) is -0.0778. The molecule has 5 rings (SSSR count). The topological polar surface area (TPSA) is 97.6 Å². The third-order valence-electron chi connectivity index (χ3n) is 5.51. The Morgan fingerprint density at radius 3 is 2.93 bits per heavy atom. The molecule has 1 aliphatic heterocycles. The highest BCUT2D eigenvalue weighted by Gasteiger charge is 2.55. The first-order valence-electron chi connectivity index (χ1n) is 9.30. The third kappa shape index (κ3) is 2.67. The van der Waals surface area contributed by atoms with E-state index in [9.17, 15) is 9.59 Å². The van der Waals surface area contributed by atoms with E-state index in [2.05, 4.69) is 15.5 Å². The van der Waals surface area contributed by atoms with Crippen molar-refractivity contribution in [3.05, 3.63) is 65.5 Å². The van der Waals surface area contributed by atoms with Crippen molar-refractivity contribution in [2.75, 3.05) is 7.11 Å². The lowest BCUT2D eigenvalue weighted by molar-refractivity contribution is -0.132. The Bertz CT molecular complexity index is 1130. The van der Waals surface area contributed by atoms with Crippen LogP contribution in [0.15, 0.2) is 53.1 Å².